The van der Waals surface area contributed by atoms with Crippen molar-refractivity contribution >= 4 is 29.5 Å². The van der Waals surface area contributed by atoms with E-state index in [2.05, 4.69) is 10.5 Å². The summed E-state index contributed by atoms with van der Waals surface area (Å²) < 4.78 is 7.03. The van der Waals surface area contributed by atoms with Crippen molar-refractivity contribution in [1.82, 2.24) is 9.78 Å². The molecule has 1 aromatic heterocycles. The molecule has 0 spiro atoms. The van der Waals surface area contributed by atoms with Crippen LogP contribution >= 0.6 is 11.6 Å². The number of carboxylic acids is 1. The van der Waals surface area contributed by atoms with Gasteiger partial charge in [0.1, 0.15) is 11.4 Å². The van der Waals surface area contributed by atoms with Crippen LogP contribution in [0.25, 0.3) is 16.9 Å². The van der Waals surface area contributed by atoms with Crippen molar-refractivity contribution in [2.24, 2.45) is 5.10 Å². The molecule has 32 heavy (non-hydrogen) atoms. The van der Waals surface area contributed by atoms with Crippen LogP contribution in [0, 0.1) is 0 Å². The highest BCUT2D eigenvalue weighted by molar-refractivity contribution is 6.33. The van der Waals surface area contributed by atoms with Crippen LogP contribution < -0.4 is 10.2 Å². The number of nitrogens with zero attached hydrogens (tertiary/aromatic N) is 3. The number of hydrogen-bond acceptors (Lipinski definition) is 5. The third kappa shape index (κ3) is 4.63. The van der Waals surface area contributed by atoms with Gasteiger partial charge in [-0.1, -0.05) is 29.8 Å². The lowest BCUT2D eigenvalue weighted by atomic mass is 10.1. The Bertz CT molecular complexity index is 1270. The van der Waals surface area contributed by atoms with Crippen molar-refractivity contribution < 1.29 is 14.6 Å². The molecule has 3 aromatic carbocycles. The summed E-state index contributed by atoms with van der Waals surface area (Å²) in [6.07, 6.45) is 3.52. The van der Waals surface area contributed by atoms with Gasteiger partial charge in [0.2, 0.25) is 0 Å². The predicted octanol–water partition coefficient (Wildman–Crippen LogP) is 5.35. The number of aromatic nitrogens is 2. The van der Waals surface area contributed by atoms with Crippen LogP contribution in [-0.4, -0.2) is 34.2 Å². The fourth-order valence-electron chi connectivity index (χ4n) is 3.10. The SMILES string of the molecule is COc1ccc(-c2nn(-c3ccccc3)cc2C=NNc2ccc(Cl)c(C(=O)O)c2)cc1. The van der Waals surface area contributed by atoms with Crippen LogP contribution in [0.5, 0.6) is 5.75 Å². The number of nitrogens with one attached hydrogen (secondary N) is 1. The number of anilines is 1. The second-order valence-electron chi connectivity index (χ2n) is 6.81. The molecule has 0 fully saturated rings. The Balaban J connectivity index is 1.66. The molecule has 160 valence electrons. The molecule has 2 N–H and O–H groups in total. The zero-order valence-corrected chi connectivity index (χ0v) is 17.8. The molecule has 0 aliphatic heterocycles. The number of rotatable bonds is 7. The van der Waals surface area contributed by atoms with Crippen LogP contribution in [-0.2, 0) is 0 Å². The van der Waals surface area contributed by atoms with Crippen LogP contribution in [0.4, 0.5) is 5.69 Å². The van der Waals surface area contributed by atoms with Crippen LogP contribution in [0.15, 0.2) is 84.1 Å². The van der Waals surface area contributed by atoms with Crippen LogP contribution in [0.1, 0.15) is 15.9 Å². The van der Waals surface area contributed by atoms with E-state index >= 15 is 0 Å². The maximum atomic E-state index is 11.3. The van der Waals surface area contributed by atoms with Gasteiger partial charge in [0.15, 0.2) is 0 Å². The minimum absolute atomic E-state index is 0.00249. The molecule has 0 saturated heterocycles. The van der Waals surface area contributed by atoms with Gasteiger partial charge in [-0.2, -0.15) is 10.2 Å². The Morgan fingerprint density at radius 2 is 1.88 bits per heavy atom. The van der Waals surface area contributed by atoms with Gasteiger partial charge in [-0.3, -0.25) is 5.43 Å². The number of halogens is 1. The molecule has 0 bridgehead atoms. The van der Waals surface area contributed by atoms with Crippen molar-refractivity contribution in [2.75, 3.05) is 12.5 Å². The van der Waals surface area contributed by atoms with Crippen molar-refractivity contribution in [3.63, 3.8) is 0 Å². The van der Waals surface area contributed by atoms with Gasteiger partial charge in [-0.25, -0.2) is 9.48 Å². The highest BCUT2D eigenvalue weighted by Gasteiger charge is 2.12. The van der Waals surface area contributed by atoms with E-state index < -0.39 is 5.97 Å². The lowest BCUT2D eigenvalue weighted by Crippen LogP contribution is -1.99. The molecule has 0 atom stereocenters. The maximum Gasteiger partial charge on any atom is 0.337 e. The second-order valence-corrected chi connectivity index (χ2v) is 7.22. The summed E-state index contributed by atoms with van der Waals surface area (Å²) in [6.45, 7) is 0. The molecule has 1 heterocycles. The third-order valence-corrected chi connectivity index (χ3v) is 5.05. The first-order valence-corrected chi connectivity index (χ1v) is 10.0. The number of aromatic carboxylic acids is 1. The number of methoxy groups -OCH3 is 1. The van der Waals surface area contributed by atoms with Gasteiger partial charge in [-0.05, 0) is 54.6 Å². The predicted molar refractivity (Wildman–Crippen MR) is 125 cm³/mol. The fourth-order valence-corrected chi connectivity index (χ4v) is 3.30. The Morgan fingerprint density at radius 3 is 2.56 bits per heavy atom. The zero-order valence-electron chi connectivity index (χ0n) is 17.1. The first kappa shape index (κ1) is 21.1. The normalized spacial score (nSPS) is 10.9. The molecule has 0 aliphatic rings. The molecule has 0 aliphatic carbocycles. The molecule has 4 aromatic rings. The molecular weight excluding hydrogens is 428 g/mol. The van der Waals surface area contributed by atoms with Gasteiger partial charge < -0.3 is 9.84 Å². The number of para-hydroxylation sites is 1. The summed E-state index contributed by atoms with van der Waals surface area (Å²) in [5.74, 6) is -0.348. The highest BCUT2D eigenvalue weighted by Crippen LogP contribution is 2.25. The van der Waals surface area contributed by atoms with E-state index in [1.807, 2.05) is 60.8 Å². The molecule has 0 radical (unpaired) electrons. The Kier molecular flexibility index (Phi) is 6.19. The largest absolute Gasteiger partial charge is 0.497 e. The molecule has 4 rings (SSSR count). The van der Waals surface area contributed by atoms with E-state index in [9.17, 15) is 9.90 Å². The summed E-state index contributed by atoms with van der Waals surface area (Å²) >= 11 is 5.93. The average Bonchev–Trinajstić information content (AvgIpc) is 3.25. The summed E-state index contributed by atoms with van der Waals surface area (Å²) in [4.78, 5) is 11.3. The first-order valence-electron chi connectivity index (χ1n) is 9.66. The first-order chi connectivity index (χ1) is 15.5. The van der Waals surface area contributed by atoms with Crippen molar-refractivity contribution in [1.29, 1.82) is 0 Å². The smallest absolute Gasteiger partial charge is 0.337 e. The van der Waals surface area contributed by atoms with Crippen LogP contribution in [0.2, 0.25) is 5.02 Å². The number of ether oxygens (including phenoxy) is 1. The molecule has 7 nitrogen and oxygen atoms in total. The average molecular weight is 447 g/mol. The van der Waals surface area contributed by atoms with Gasteiger partial charge in [0.25, 0.3) is 0 Å². The quantitative estimate of drug-likeness (QED) is 0.295. The van der Waals surface area contributed by atoms with Gasteiger partial charge >= 0.3 is 5.97 Å². The molecule has 0 amide bonds. The number of carboxylic acid groups (broad SMARTS) is 1. The van der Waals surface area contributed by atoms with Crippen molar-refractivity contribution in [3.8, 4) is 22.7 Å². The summed E-state index contributed by atoms with van der Waals surface area (Å²) in [5, 5.41) is 18.4. The standard InChI is InChI=1S/C24H19ClN4O3/c1-32-20-10-7-16(8-11-20)23-17(15-29(28-23)19-5-3-2-4-6-19)14-26-27-18-9-12-22(25)21(13-18)24(30)31/h2-15,27H,1H3,(H,30,31). The number of carbonyl (C=O) groups is 1. The third-order valence-electron chi connectivity index (χ3n) is 4.72. The number of benzene rings is 3. The lowest BCUT2D eigenvalue weighted by Gasteiger charge is -2.04. The van der Waals surface area contributed by atoms with Gasteiger partial charge in [-0.15, -0.1) is 0 Å². The summed E-state index contributed by atoms with van der Waals surface area (Å²) in [7, 11) is 1.62. The number of hydrogen-bond donors (Lipinski definition) is 2. The van der Waals surface area contributed by atoms with Crippen molar-refractivity contribution in [3.05, 3.63) is 95.1 Å². The van der Waals surface area contributed by atoms with Crippen molar-refractivity contribution in [2.45, 2.75) is 0 Å². The van der Waals surface area contributed by atoms with Crippen LogP contribution in [0.3, 0.4) is 0 Å². The Labute approximate surface area is 189 Å². The van der Waals surface area contributed by atoms with E-state index in [4.69, 9.17) is 21.4 Å². The lowest BCUT2D eigenvalue weighted by molar-refractivity contribution is 0.0697. The molecule has 8 heteroatoms. The van der Waals surface area contributed by atoms with Gasteiger partial charge in [0, 0.05) is 17.3 Å². The van der Waals surface area contributed by atoms with E-state index in [0.29, 0.717) is 5.69 Å². The van der Waals surface area contributed by atoms with Gasteiger partial charge in [0.05, 0.1) is 35.3 Å². The maximum absolute atomic E-state index is 11.3. The van der Waals surface area contributed by atoms with E-state index in [0.717, 1.165) is 28.3 Å². The van der Waals surface area contributed by atoms with E-state index in [1.165, 1.54) is 12.1 Å². The minimum Gasteiger partial charge on any atom is -0.497 e. The fraction of sp³-hybridized carbons (Fsp3) is 0.0417. The molecule has 0 saturated carbocycles. The summed E-state index contributed by atoms with van der Waals surface area (Å²) in [6, 6.07) is 22.0. The van der Waals surface area contributed by atoms with E-state index in [-0.39, 0.29) is 10.6 Å². The molecule has 0 unspecified atom stereocenters. The Hall–Kier alpha value is -4.10. The van der Waals surface area contributed by atoms with E-state index in [1.54, 1.807) is 24.1 Å². The molecular formula is C24H19ClN4O3. The zero-order chi connectivity index (χ0) is 22.5. The number of hydrazone groups is 1. The summed E-state index contributed by atoms with van der Waals surface area (Å²) in [5.41, 5.74) is 6.70. The monoisotopic (exact) mass is 446 g/mol. The minimum atomic E-state index is -1.10. The Morgan fingerprint density at radius 1 is 1.12 bits per heavy atom. The topological polar surface area (TPSA) is 88.7 Å². The second kappa shape index (κ2) is 9.36. The highest BCUT2D eigenvalue weighted by atomic mass is 35.5.